The first-order chi connectivity index (χ1) is 15.6. The predicted molar refractivity (Wildman–Crippen MR) is 137 cm³/mol. The number of fused-ring (bicyclic) bond motifs is 1. The minimum absolute atomic E-state index is 0.122. The van der Waals surface area contributed by atoms with E-state index in [-0.39, 0.29) is 5.91 Å². The topological polar surface area (TPSA) is 54.4 Å². The number of carbonyl (C=O) groups is 1. The maximum Gasteiger partial charge on any atom is 0.251 e. The number of nitrogens with zero attached hydrogens (tertiary/aromatic N) is 2. The number of pyridine rings is 1. The number of amides is 1. The van der Waals surface area contributed by atoms with Gasteiger partial charge in [-0.2, -0.15) is 0 Å². The van der Waals surface area contributed by atoms with Crippen molar-refractivity contribution in [2.24, 2.45) is 4.99 Å². The molecule has 5 heteroatoms. The normalized spacial score (nSPS) is 12.9. The molecule has 0 unspecified atom stereocenters. The fourth-order valence-electron chi connectivity index (χ4n) is 3.09. The molecule has 0 radical (unpaired) electrons. The summed E-state index contributed by atoms with van der Waals surface area (Å²) in [4.78, 5) is 23.1. The van der Waals surface area contributed by atoms with Gasteiger partial charge in [0, 0.05) is 46.3 Å². The fraction of sp³-hybridized carbons (Fsp3) is 0.296. The highest BCUT2D eigenvalue weighted by Gasteiger charge is 2.16. The molecule has 0 saturated carbocycles. The second-order valence-electron chi connectivity index (χ2n) is 7.07. The van der Waals surface area contributed by atoms with Gasteiger partial charge >= 0.3 is 0 Å². The van der Waals surface area contributed by atoms with E-state index in [1.54, 1.807) is 23.9 Å². The monoisotopic (exact) mass is 447 g/mol. The van der Waals surface area contributed by atoms with Gasteiger partial charge in [-0.3, -0.25) is 14.8 Å². The Morgan fingerprint density at radius 1 is 1.19 bits per heavy atom. The lowest BCUT2D eigenvalue weighted by molar-refractivity contribution is -0.117. The van der Waals surface area contributed by atoms with Crippen molar-refractivity contribution in [2.45, 2.75) is 51.9 Å². The van der Waals surface area contributed by atoms with Gasteiger partial charge in [0.25, 0.3) is 5.91 Å². The van der Waals surface area contributed by atoms with Crippen LogP contribution >= 0.6 is 11.8 Å². The van der Waals surface area contributed by atoms with Crippen LogP contribution in [0.3, 0.4) is 0 Å². The van der Waals surface area contributed by atoms with Crippen molar-refractivity contribution in [1.82, 2.24) is 10.3 Å². The summed E-state index contributed by atoms with van der Waals surface area (Å²) in [5.41, 5.74) is 5.43. The van der Waals surface area contributed by atoms with Crippen LogP contribution in [0.1, 0.15) is 50.4 Å². The molecule has 168 valence electrons. The Morgan fingerprint density at radius 2 is 1.97 bits per heavy atom. The predicted octanol–water partition coefficient (Wildman–Crippen LogP) is 6.42. The maximum atomic E-state index is 12.5. The number of allylic oxidation sites excluding steroid dienone is 1. The molecule has 32 heavy (non-hydrogen) atoms. The van der Waals surface area contributed by atoms with Crippen molar-refractivity contribution in [2.75, 3.05) is 6.54 Å². The van der Waals surface area contributed by atoms with Gasteiger partial charge in [-0.1, -0.05) is 75.9 Å². The largest absolute Gasteiger partial charge is 0.352 e. The van der Waals surface area contributed by atoms with Crippen LogP contribution in [0.4, 0.5) is 0 Å². The van der Waals surface area contributed by atoms with Crippen LogP contribution in [0.25, 0.3) is 0 Å². The molecule has 4 nitrogen and oxygen atoms in total. The summed E-state index contributed by atoms with van der Waals surface area (Å²) in [7, 11) is 0. The summed E-state index contributed by atoms with van der Waals surface area (Å²) < 4.78 is 0. The SMILES string of the molecule is C=C/C(=C\C1=CSc2ccccc2C(Cc2ncccc2C)=N1)C(=O)NCCCC.CC. The number of hydrogen-bond acceptors (Lipinski definition) is 4. The Labute approximate surface area is 196 Å². The number of aryl methyl sites for hydroxylation is 1. The Bertz CT molecular complexity index is 1020. The van der Waals surface area contributed by atoms with Gasteiger partial charge in [-0.25, -0.2) is 0 Å². The maximum absolute atomic E-state index is 12.5. The number of unbranched alkanes of at least 4 members (excludes halogenated alkanes) is 1. The van der Waals surface area contributed by atoms with E-state index < -0.39 is 0 Å². The van der Waals surface area contributed by atoms with E-state index in [4.69, 9.17) is 4.99 Å². The Balaban J connectivity index is 0.00000176. The number of carbonyl (C=O) groups excluding carboxylic acids is 1. The molecule has 1 N–H and O–H groups in total. The lowest BCUT2D eigenvalue weighted by Crippen LogP contribution is -2.25. The van der Waals surface area contributed by atoms with E-state index in [1.807, 2.05) is 43.7 Å². The zero-order valence-electron chi connectivity index (χ0n) is 19.5. The van der Waals surface area contributed by atoms with Crippen molar-refractivity contribution >= 4 is 23.4 Å². The summed E-state index contributed by atoms with van der Waals surface area (Å²) in [6.07, 6.45) is 7.82. The van der Waals surface area contributed by atoms with E-state index in [2.05, 4.69) is 48.9 Å². The number of hydrogen-bond donors (Lipinski definition) is 1. The minimum atomic E-state index is -0.122. The Hall–Kier alpha value is -2.92. The van der Waals surface area contributed by atoms with Crippen LogP contribution in [-0.4, -0.2) is 23.1 Å². The molecular weight excluding hydrogens is 414 g/mol. The second kappa shape index (κ2) is 13.5. The van der Waals surface area contributed by atoms with Gasteiger partial charge in [-0.15, -0.1) is 0 Å². The van der Waals surface area contributed by atoms with Gasteiger partial charge < -0.3 is 5.32 Å². The molecule has 0 saturated heterocycles. The van der Waals surface area contributed by atoms with Crippen LogP contribution in [0.2, 0.25) is 0 Å². The van der Waals surface area contributed by atoms with Gasteiger partial charge in [0.15, 0.2) is 0 Å². The highest BCUT2D eigenvalue weighted by Crippen LogP contribution is 2.31. The highest BCUT2D eigenvalue weighted by molar-refractivity contribution is 8.02. The van der Waals surface area contributed by atoms with Crippen molar-refractivity contribution < 1.29 is 4.79 Å². The van der Waals surface area contributed by atoms with E-state index in [0.29, 0.717) is 18.5 Å². The Kier molecular flexibility index (Phi) is 10.7. The van der Waals surface area contributed by atoms with Crippen LogP contribution in [0.5, 0.6) is 0 Å². The molecule has 1 aromatic carbocycles. The molecule has 1 amide bonds. The first kappa shape index (κ1) is 25.3. The number of benzene rings is 1. The molecule has 0 atom stereocenters. The first-order valence-electron chi connectivity index (χ1n) is 11.2. The summed E-state index contributed by atoms with van der Waals surface area (Å²) in [5.74, 6) is -0.122. The second-order valence-corrected chi connectivity index (χ2v) is 7.98. The molecule has 1 aromatic heterocycles. The fourth-order valence-corrected chi connectivity index (χ4v) is 3.93. The molecule has 0 bridgehead atoms. The lowest BCUT2D eigenvalue weighted by Gasteiger charge is -2.10. The number of aromatic nitrogens is 1. The molecule has 0 fully saturated rings. The van der Waals surface area contributed by atoms with E-state index in [1.165, 1.54) is 0 Å². The van der Waals surface area contributed by atoms with E-state index in [9.17, 15) is 4.79 Å². The van der Waals surface area contributed by atoms with Crippen LogP contribution < -0.4 is 5.32 Å². The van der Waals surface area contributed by atoms with Gasteiger partial charge in [0.05, 0.1) is 11.4 Å². The zero-order valence-corrected chi connectivity index (χ0v) is 20.3. The summed E-state index contributed by atoms with van der Waals surface area (Å²) in [6.45, 7) is 12.6. The highest BCUT2D eigenvalue weighted by atomic mass is 32.2. The third kappa shape index (κ3) is 7.06. The molecule has 2 aromatic rings. The Morgan fingerprint density at radius 3 is 2.69 bits per heavy atom. The zero-order chi connectivity index (χ0) is 23.3. The first-order valence-corrected chi connectivity index (χ1v) is 12.1. The number of aliphatic imine (C=N–C) groups is 1. The molecule has 1 aliphatic rings. The molecule has 0 spiro atoms. The van der Waals surface area contributed by atoms with Crippen molar-refractivity contribution in [3.8, 4) is 0 Å². The van der Waals surface area contributed by atoms with Crippen molar-refractivity contribution in [1.29, 1.82) is 0 Å². The van der Waals surface area contributed by atoms with Crippen LogP contribution in [0, 0.1) is 6.92 Å². The summed E-state index contributed by atoms with van der Waals surface area (Å²) in [5, 5.41) is 4.93. The minimum Gasteiger partial charge on any atom is -0.352 e. The van der Waals surface area contributed by atoms with E-state index in [0.717, 1.165) is 46.0 Å². The number of thioether (sulfide) groups is 1. The smallest absolute Gasteiger partial charge is 0.251 e. The molecule has 2 heterocycles. The average molecular weight is 448 g/mol. The number of rotatable bonds is 8. The van der Waals surface area contributed by atoms with Crippen LogP contribution in [0.15, 0.2) is 87.9 Å². The third-order valence-electron chi connectivity index (χ3n) is 4.82. The number of nitrogens with one attached hydrogen (secondary N) is 1. The summed E-state index contributed by atoms with van der Waals surface area (Å²) in [6, 6.07) is 12.2. The van der Waals surface area contributed by atoms with E-state index >= 15 is 0 Å². The van der Waals surface area contributed by atoms with Crippen LogP contribution in [-0.2, 0) is 11.2 Å². The quantitative estimate of drug-likeness (QED) is 0.288. The molecule has 0 aliphatic carbocycles. The average Bonchev–Trinajstić information content (AvgIpc) is 3.00. The van der Waals surface area contributed by atoms with Gasteiger partial charge in [0.2, 0.25) is 0 Å². The molecule has 3 rings (SSSR count). The standard InChI is InChI=1S/C25H27N3OS.C2H6/c1-4-6-13-27-25(29)19(5-2)15-20-17-30-24-12-8-7-11-21(24)23(28-20)16-22-18(3)10-9-14-26-22;1-2/h5,7-12,14-15,17H,2,4,6,13,16H2,1,3H3,(H,27,29);1-2H3/b19-15+;. The third-order valence-corrected chi connectivity index (χ3v) is 5.79. The summed E-state index contributed by atoms with van der Waals surface area (Å²) >= 11 is 1.61. The van der Waals surface area contributed by atoms with Crippen molar-refractivity contribution in [3.05, 3.63) is 94.8 Å². The van der Waals surface area contributed by atoms with Gasteiger partial charge in [-0.05, 0) is 37.1 Å². The molecular formula is C27H33N3OS. The van der Waals surface area contributed by atoms with Gasteiger partial charge in [0.1, 0.15) is 0 Å². The molecule has 1 aliphatic heterocycles. The van der Waals surface area contributed by atoms with Crippen molar-refractivity contribution in [3.63, 3.8) is 0 Å². The lowest BCUT2D eigenvalue weighted by atomic mass is 10.0.